The Labute approximate surface area is 207 Å². The molecule has 34 heavy (non-hydrogen) atoms. The van der Waals surface area contributed by atoms with E-state index in [1.165, 1.54) is 12.1 Å². The first-order chi connectivity index (χ1) is 16.3. The Morgan fingerprint density at radius 1 is 1.09 bits per heavy atom. The van der Waals surface area contributed by atoms with Gasteiger partial charge in [0.15, 0.2) is 0 Å². The molecular formula is C25H24Cl2FN5O. The number of fused-ring (bicyclic) bond motifs is 1. The Hall–Kier alpha value is -3.03. The Balaban J connectivity index is 1.45. The van der Waals surface area contributed by atoms with E-state index in [4.69, 9.17) is 23.2 Å². The largest absolute Gasteiger partial charge is 0.368 e. The average Bonchev–Trinajstić information content (AvgIpc) is 3.28. The number of aromatic nitrogens is 2. The molecule has 2 unspecified atom stereocenters. The van der Waals surface area contributed by atoms with Crippen molar-refractivity contribution in [3.05, 3.63) is 87.4 Å². The Morgan fingerprint density at radius 2 is 1.85 bits per heavy atom. The second-order valence-corrected chi connectivity index (χ2v) is 9.49. The maximum absolute atomic E-state index is 14.0. The van der Waals surface area contributed by atoms with E-state index in [-0.39, 0.29) is 17.8 Å². The monoisotopic (exact) mass is 499 g/mol. The third-order valence-corrected chi connectivity index (χ3v) is 7.22. The number of nitrogens with zero attached hydrogens (tertiary/aromatic N) is 4. The molecule has 2 aliphatic heterocycles. The lowest BCUT2D eigenvalue weighted by molar-refractivity contribution is -0.130. The van der Waals surface area contributed by atoms with Gasteiger partial charge < -0.3 is 15.1 Å². The number of anilines is 2. The lowest BCUT2D eigenvalue weighted by atomic mass is 9.93. The number of allylic oxidation sites excluding steroid dienone is 1. The molecule has 0 radical (unpaired) electrons. The van der Waals surface area contributed by atoms with Gasteiger partial charge in [-0.15, -0.1) is 0 Å². The van der Waals surface area contributed by atoms with Gasteiger partial charge >= 0.3 is 0 Å². The summed E-state index contributed by atoms with van der Waals surface area (Å²) in [6, 6.07) is 13.3. The van der Waals surface area contributed by atoms with Gasteiger partial charge in [0, 0.05) is 43.1 Å². The molecule has 176 valence electrons. The van der Waals surface area contributed by atoms with E-state index in [0.717, 1.165) is 22.8 Å². The number of benzene rings is 2. The predicted octanol–water partition coefficient (Wildman–Crippen LogP) is 5.36. The molecule has 2 aromatic carbocycles. The van der Waals surface area contributed by atoms with E-state index in [2.05, 4.69) is 15.3 Å². The molecule has 0 saturated carbocycles. The van der Waals surface area contributed by atoms with Crippen LogP contribution >= 0.6 is 23.2 Å². The summed E-state index contributed by atoms with van der Waals surface area (Å²) in [4.78, 5) is 18.1. The molecular weight excluding hydrogens is 476 g/mol. The summed E-state index contributed by atoms with van der Waals surface area (Å²) in [5.74, 6) is 0.497. The normalized spacial score (nSPS) is 20.3. The van der Waals surface area contributed by atoms with Gasteiger partial charge in [-0.3, -0.25) is 4.79 Å². The highest BCUT2D eigenvalue weighted by Crippen LogP contribution is 2.38. The third kappa shape index (κ3) is 4.03. The minimum atomic E-state index is -0.434. The highest BCUT2D eigenvalue weighted by Gasteiger charge is 2.38. The van der Waals surface area contributed by atoms with Gasteiger partial charge in [-0.1, -0.05) is 29.3 Å². The van der Waals surface area contributed by atoms with Crippen LogP contribution in [-0.4, -0.2) is 46.3 Å². The van der Waals surface area contributed by atoms with Gasteiger partial charge in [-0.25, -0.2) is 9.07 Å². The van der Waals surface area contributed by atoms with Crippen LogP contribution < -0.4 is 10.2 Å². The van der Waals surface area contributed by atoms with Crippen molar-refractivity contribution in [2.75, 3.05) is 29.9 Å². The lowest BCUT2D eigenvalue weighted by Crippen LogP contribution is -2.55. The number of amides is 1. The molecule has 0 bridgehead atoms. The number of carbonyl (C=O) groups is 1. The van der Waals surface area contributed by atoms with Crippen LogP contribution in [0.4, 0.5) is 15.9 Å². The molecule has 1 amide bonds. The molecule has 2 atom stereocenters. The maximum atomic E-state index is 14.0. The van der Waals surface area contributed by atoms with Crippen LogP contribution in [0.1, 0.15) is 25.5 Å². The van der Waals surface area contributed by atoms with E-state index < -0.39 is 6.04 Å². The van der Waals surface area contributed by atoms with Crippen LogP contribution in [0, 0.1) is 5.82 Å². The van der Waals surface area contributed by atoms with Crippen LogP contribution in [0.15, 0.2) is 66.0 Å². The topological polar surface area (TPSA) is 53.4 Å². The van der Waals surface area contributed by atoms with Crippen LogP contribution in [0.2, 0.25) is 10.0 Å². The van der Waals surface area contributed by atoms with E-state index in [1.807, 2.05) is 30.9 Å². The molecule has 0 aliphatic carbocycles. The summed E-state index contributed by atoms with van der Waals surface area (Å²) in [6.45, 7) is 5.81. The maximum Gasteiger partial charge on any atom is 0.254 e. The Kier molecular flexibility index (Phi) is 6.00. The first-order valence-electron chi connectivity index (χ1n) is 11.1. The van der Waals surface area contributed by atoms with Gasteiger partial charge in [0.25, 0.3) is 5.91 Å². The van der Waals surface area contributed by atoms with Crippen LogP contribution in [0.25, 0.3) is 0 Å². The second kappa shape index (κ2) is 8.96. The lowest BCUT2D eigenvalue weighted by Gasteiger charge is -2.42. The minimum Gasteiger partial charge on any atom is -0.368 e. The quantitative estimate of drug-likeness (QED) is 0.527. The highest BCUT2D eigenvalue weighted by atomic mass is 35.5. The summed E-state index contributed by atoms with van der Waals surface area (Å²) in [7, 11) is 0. The summed E-state index contributed by atoms with van der Waals surface area (Å²) in [5.41, 5.74) is 3.19. The van der Waals surface area contributed by atoms with Crippen molar-refractivity contribution in [3.8, 4) is 0 Å². The van der Waals surface area contributed by atoms with Crippen molar-refractivity contribution in [2.45, 2.75) is 25.9 Å². The summed E-state index contributed by atoms with van der Waals surface area (Å²) in [6.07, 6.45) is 1.71. The van der Waals surface area contributed by atoms with Crippen LogP contribution in [0.3, 0.4) is 0 Å². The van der Waals surface area contributed by atoms with Crippen LogP contribution in [0.5, 0.6) is 0 Å². The average molecular weight is 500 g/mol. The number of halogens is 3. The molecule has 1 N–H and O–H groups in total. The predicted molar refractivity (Wildman–Crippen MR) is 133 cm³/mol. The molecule has 3 aromatic rings. The molecule has 9 heteroatoms. The van der Waals surface area contributed by atoms with E-state index in [9.17, 15) is 9.18 Å². The standard InChI is InChI=1S/C25H24Cl2FN5O/c1-15-14-31(19-6-4-18(28)5-7-19)11-12-32(15)25(34)23-16(2)30-22-9-10-29-33(22)24(23)17-3-8-20(26)21(27)13-17/h3-10,13,15,24,30H,11-12,14H2,1-2H3. The van der Waals surface area contributed by atoms with E-state index >= 15 is 0 Å². The van der Waals surface area contributed by atoms with Gasteiger partial charge in [0.2, 0.25) is 0 Å². The number of nitrogens with one attached hydrogen (secondary N) is 1. The molecule has 5 rings (SSSR count). The van der Waals surface area contributed by atoms with Crippen molar-refractivity contribution in [3.63, 3.8) is 0 Å². The fourth-order valence-electron chi connectivity index (χ4n) is 4.77. The molecule has 1 fully saturated rings. The smallest absolute Gasteiger partial charge is 0.254 e. The molecule has 2 aliphatic rings. The second-order valence-electron chi connectivity index (χ2n) is 8.67. The van der Waals surface area contributed by atoms with Gasteiger partial charge in [-0.05, 0) is 55.8 Å². The molecule has 6 nitrogen and oxygen atoms in total. The first kappa shape index (κ1) is 22.7. The SMILES string of the molecule is CC1=C(C(=O)N2CCN(c3ccc(F)cc3)CC2C)C(c2ccc(Cl)c(Cl)c2)n2nccc2N1. The van der Waals surface area contributed by atoms with Crippen molar-refractivity contribution in [2.24, 2.45) is 0 Å². The number of piperazine rings is 1. The van der Waals surface area contributed by atoms with Crippen molar-refractivity contribution in [1.82, 2.24) is 14.7 Å². The fourth-order valence-corrected chi connectivity index (χ4v) is 5.08. The minimum absolute atomic E-state index is 0.0416. The first-order valence-corrected chi connectivity index (χ1v) is 11.9. The zero-order chi connectivity index (χ0) is 24.0. The molecule has 1 aromatic heterocycles. The van der Waals surface area contributed by atoms with Crippen LogP contribution in [-0.2, 0) is 4.79 Å². The van der Waals surface area contributed by atoms with Crippen molar-refractivity contribution < 1.29 is 9.18 Å². The Bertz CT molecular complexity index is 1270. The Morgan fingerprint density at radius 3 is 2.56 bits per heavy atom. The van der Waals surface area contributed by atoms with E-state index in [1.54, 1.807) is 35.1 Å². The molecule has 1 saturated heterocycles. The summed E-state index contributed by atoms with van der Waals surface area (Å²) >= 11 is 12.5. The fraction of sp³-hybridized carbons (Fsp3) is 0.280. The van der Waals surface area contributed by atoms with Crippen molar-refractivity contribution >= 4 is 40.6 Å². The van der Waals surface area contributed by atoms with E-state index in [0.29, 0.717) is 35.3 Å². The molecule has 3 heterocycles. The highest BCUT2D eigenvalue weighted by molar-refractivity contribution is 6.42. The van der Waals surface area contributed by atoms with Crippen molar-refractivity contribution in [1.29, 1.82) is 0 Å². The van der Waals surface area contributed by atoms with Gasteiger partial charge in [0.05, 0.1) is 21.8 Å². The number of carbonyl (C=O) groups excluding carboxylic acids is 1. The third-order valence-electron chi connectivity index (χ3n) is 6.48. The summed E-state index contributed by atoms with van der Waals surface area (Å²) in [5, 5.41) is 8.69. The number of rotatable bonds is 3. The van der Waals surface area contributed by atoms with Gasteiger partial charge in [-0.2, -0.15) is 5.10 Å². The summed E-state index contributed by atoms with van der Waals surface area (Å²) < 4.78 is 15.1. The molecule has 0 spiro atoms. The number of hydrogen-bond donors (Lipinski definition) is 1. The number of hydrogen-bond acceptors (Lipinski definition) is 4. The zero-order valence-corrected chi connectivity index (χ0v) is 20.3. The van der Waals surface area contributed by atoms with Gasteiger partial charge in [0.1, 0.15) is 17.7 Å². The zero-order valence-electron chi connectivity index (χ0n) is 18.8.